The molecule has 0 amide bonds. The van der Waals surface area contributed by atoms with Crippen molar-refractivity contribution in [2.24, 2.45) is 0 Å². The van der Waals surface area contributed by atoms with Crippen LogP contribution in [0.4, 0.5) is 0 Å². The van der Waals surface area contributed by atoms with Crippen molar-refractivity contribution in [2.75, 3.05) is 6.61 Å². The summed E-state index contributed by atoms with van der Waals surface area (Å²) in [6.07, 6.45) is -4.63. The van der Waals surface area contributed by atoms with Crippen LogP contribution in [0.2, 0.25) is 0 Å². The third-order valence-electron chi connectivity index (χ3n) is 4.49. The lowest BCUT2D eigenvalue weighted by atomic mass is 9.99. The Bertz CT molecular complexity index is 878. The lowest BCUT2D eigenvalue weighted by Gasteiger charge is -2.41. The number of esters is 1. The van der Waals surface area contributed by atoms with E-state index in [0.717, 1.165) is 6.08 Å². The Morgan fingerprint density at radius 3 is 2.40 bits per heavy atom. The summed E-state index contributed by atoms with van der Waals surface area (Å²) in [6.45, 7) is -0.621. The molecule has 0 aromatic heterocycles. The smallest absolute Gasteiger partial charge is 0.331 e. The third-order valence-corrected chi connectivity index (χ3v) is 4.49. The van der Waals surface area contributed by atoms with Crippen LogP contribution in [0.5, 0.6) is 17.2 Å². The second-order valence-corrected chi connectivity index (χ2v) is 6.62. The predicted molar refractivity (Wildman–Crippen MR) is 104 cm³/mol. The van der Waals surface area contributed by atoms with Crippen molar-refractivity contribution in [3.63, 3.8) is 0 Å². The van der Waals surface area contributed by atoms with E-state index in [9.17, 15) is 30.3 Å². The minimum atomic E-state index is -1.62. The van der Waals surface area contributed by atoms with Crippen LogP contribution in [0.25, 0.3) is 6.08 Å². The molecule has 160 valence electrons. The average Bonchev–Trinajstić information content (AvgIpc) is 2.74. The van der Waals surface area contributed by atoms with E-state index in [2.05, 4.69) is 0 Å². The van der Waals surface area contributed by atoms with Gasteiger partial charge in [0.25, 0.3) is 0 Å². The van der Waals surface area contributed by atoms with E-state index in [1.165, 1.54) is 30.3 Å². The number of rotatable bonds is 6. The summed E-state index contributed by atoms with van der Waals surface area (Å²) in [5, 5.41) is 49.4. The van der Waals surface area contributed by atoms with Gasteiger partial charge in [-0.25, -0.2) is 4.79 Å². The summed E-state index contributed by atoms with van der Waals surface area (Å²) in [6, 6.07) is 12.0. The maximum atomic E-state index is 12.1. The molecule has 2 aromatic rings. The largest absolute Gasteiger partial charge is 0.508 e. The number of phenolic OH excluding ortho intramolecular Hbond substituents is 2. The fourth-order valence-corrected chi connectivity index (χ4v) is 2.90. The topological polar surface area (TPSA) is 146 Å². The maximum Gasteiger partial charge on any atom is 0.331 e. The minimum absolute atomic E-state index is 0.0118. The molecule has 9 nitrogen and oxygen atoms in total. The zero-order valence-electron chi connectivity index (χ0n) is 15.7. The van der Waals surface area contributed by atoms with Crippen molar-refractivity contribution in [2.45, 2.75) is 30.7 Å². The van der Waals surface area contributed by atoms with Gasteiger partial charge >= 0.3 is 5.97 Å². The van der Waals surface area contributed by atoms with Crippen LogP contribution in [0.15, 0.2) is 54.6 Å². The molecule has 5 atom stereocenters. The molecule has 0 bridgehead atoms. The molecule has 0 saturated carbocycles. The van der Waals surface area contributed by atoms with Gasteiger partial charge in [-0.3, -0.25) is 0 Å². The van der Waals surface area contributed by atoms with Crippen molar-refractivity contribution >= 4 is 12.0 Å². The number of hydrogen-bond donors (Lipinski definition) is 5. The quantitative estimate of drug-likeness (QED) is 0.335. The zero-order chi connectivity index (χ0) is 21.7. The van der Waals surface area contributed by atoms with E-state index in [1.807, 2.05) is 0 Å². The van der Waals surface area contributed by atoms with Crippen LogP contribution >= 0.6 is 0 Å². The number of benzene rings is 2. The first-order valence-electron chi connectivity index (χ1n) is 9.14. The predicted octanol–water partition coefficient (Wildman–Crippen LogP) is 0.541. The molecule has 0 aliphatic carbocycles. The van der Waals surface area contributed by atoms with Gasteiger partial charge in [0.15, 0.2) is 17.6 Å². The summed E-state index contributed by atoms with van der Waals surface area (Å²) < 4.78 is 16.0. The first-order valence-corrected chi connectivity index (χ1v) is 9.14. The molecule has 3 rings (SSSR count). The summed E-state index contributed by atoms with van der Waals surface area (Å²) in [5.41, 5.74) is 0.625. The highest BCUT2D eigenvalue weighted by atomic mass is 16.7. The van der Waals surface area contributed by atoms with Gasteiger partial charge in [0.05, 0.1) is 6.61 Å². The first-order chi connectivity index (χ1) is 14.4. The second kappa shape index (κ2) is 9.59. The Hall–Kier alpha value is -3.11. The standard InChI is InChI=1S/C21H22O9/c22-11-16-20(30-17(25)10-7-12-5-8-13(23)9-6-12)18(26)19(27)21(29-16)28-15-4-2-1-3-14(15)24/h1-10,16,18-24,26-27H,11H2/t16-,18-,19-,20-,21-/m1/s1. The van der Waals surface area contributed by atoms with Crippen LogP contribution in [0.3, 0.4) is 0 Å². The van der Waals surface area contributed by atoms with Crippen LogP contribution < -0.4 is 4.74 Å². The Labute approximate surface area is 172 Å². The van der Waals surface area contributed by atoms with E-state index in [-0.39, 0.29) is 17.2 Å². The highest BCUT2D eigenvalue weighted by molar-refractivity contribution is 5.87. The molecule has 5 N–H and O–H groups in total. The molecule has 0 spiro atoms. The molecule has 1 heterocycles. The molecule has 2 aromatic carbocycles. The van der Waals surface area contributed by atoms with Crippen molar-refractivity contribution in [3.8, 4) is 17.2 Å². The number of carbonyl (C=O) groups is 1. The third kappa shape index (κ3) is 5.08. The second-order valence-electron chi connectivity index (χ2n) is 6.62. The Morgan fingerprint density at radius 1 is 1.03 bits per heavy atom. The highest BCUT2D eigenvalue weighted by Crippen LogP contribution is 2.30. The first kappa shape index (κ1) is 21.6. The van der Waals surface area contributed by atoms with Crippen molar-refractivity contribution in [3.05, 3.63) is 60.2 Å². The molecule has 30 heavy (non-hydrogen) atoms. The molecule has 0 radical (unpaired) electrons. The SMILES string of the molecule is O=C(C=Cc1ccc(O)cc1)O[C@H]1[C@H](O)[C@@H](O)[C@H](Oc2ccccc2O)O[C@@H]1CO. The van der Waals surface area contributed by atoms with Gasteiger partial charge in [-0.2, -0.15) is 0 Å². The molecule has 9 heteroatoms. The molecular formula is C21H22O9. The van der Waals surface area contributed by atoms with Crippen molar-refractivity contribution < 1.29 is 44.5 Å². The number of para-hydroxylation sites is 2. The summed E-state index contributed by atoms with van der Waals surface area (Å²) in [4.78, 5) is 12.1. The number of phenols is 2. The Kier molecular flexibility index (Phi) is 6.91. The van der Waals surface area contributed by atoms with E-state index in [4.69, 9.17) is 14.2 Å². The number of aromatic hydroxyl groups is 2. The number of hydrogen-bond acceptors (Lipinski definition) is 9. The summed E-state index contributed by atoms with van der Waals surface area (Å²) in [7, 11) is 0. The average molecular weight is 418 g/mol. The van der Waals surface area contributed by atoms with E-state index in [1.54, 1.807) is 24.3 Å². The maximum absolute atomic E-state index is 12.1. The number of aliphatic hydroxyl groups excluding tert-OH is 3. The van der Waals surface area contributed by atoms with Gasteiger partial charge in [-0.15, -0.1) is 0 Å². The minimum Gasteiger partial charge on any atom is -0.508 e. The van der Waals surface area contributed by atoms with Crippen LogP contribution in [-0.2, 0) is 14.3 Å². The highest BCUT2D eigenvalue weighted by Gasteiger charge is 2.47. The van der Waals surface area contributed by atoms with Crippen LogP contribution in [0.1, 0.15) is 5.56 Å². The van der Waals surface area contributed by atoms with Crippen LogP contribution in [0, 0.1) is 0 Å². The van der Waals surface area contributed by atoms with Crippen molar-refractivity contribution in [1.82, 2.24) is 0 Å². The number of carbonyl (C=O) groups excluding carboxylic acids is 1. The molecule has 1 aliphatic heterocycles. The van der Waals surface area contributed by atoms with Gasteiger partial charge in [-0.05, 0) is 35.9 Å². The van der Waals surface area contributed by atoms with Gasteiger partial charge in [0.1, 0.15) is 24.1 Å². The molecule has 1 fully saturated rings. The molecule has 0 unspecified atom stereocenters. The normalized spacial score (nSPS) is 26.4. The van der Waals surface area contributed by atoms with Gasteiger partial charge in [0, 0.05) is 6.08 Å². The lowest BCUT2D eigenvalue weighted by Crippen LogP contribution is -2.61. The molecule has 1 saturated heterocycles. The van der Waals surface area contributed by atoms with E-state index < -0.39 is 43.3 Å². The van der Waals surface area contributed by atoms with Gasteiger partial charge in [-0.1, -0.05) is 24.3 Å². The monoisotopic (exact) mass is 418 g/mol. The Balaban J connectivity index is 1.66. The molecule has 1 aliphatic rings. The lowest BCUT2D eigenvalue weighted by molar-refractivity contribution is -0.280. The summed E-state index contributed by atoms with van der Waals surface area (Å²) in [5.74, 6) is -0.937. The van der Waals surface area contributed by atoms with Gasteiger partial charge in [0.2, 0.25) is 6.29 Å². The van der Waals surface area contributed by atoms with E-state index >= 15 is 0 Å². The van der Waals surface area contributed by atoms with Crippen molar-refractivity contribution in [1.29, 1.82) is 0 Å². The number of ether oxygens (including phenoxy) is 3. The fourth-order valence-electron chi connectivity index (χ4n) is 2.90. The summed E-state index contributed by atoms with van der Waals surface area (Å²) >= 11 is 0. The zero-order valence-corrected chi connectivity index (χ0v) is 15.7. The van der Waals surface area contributed by atoms with Gasteiger partial charge < -0.3 is 39.7 Å². The fraction of sp³-hybridized carbons (Fsp3) is 0.286. The molecular weight excluding hydrogens is 396 g/mol. The Morgan fingerprint density at radius 2 is 1.73 bits per heavy atom. The number of aliphatic hydroxyl groups is 3. The van der Waals surface area contributed by atoms with Crippen LogP contribution in [-0.4, -0.2) is 68.8 Å². The van der Waals surface area contributed by atoms with E-state index in [0.29, 0.717) is 5.56 Å².